The molecule has 0 bridgehead atoms. The summed E-state index contributed by atoms with van der Waals surface area (Å²) >= 11 is 3.40. The number of nitrogens with zero attached hydrogens (tertiary/aromatic N) is 1. The van der Waals surface area contributed by atoms with Crippen molar-refractivity contribution in [1.82, 2.24) is 9.97 Å². The minimum atomic E-state index is -0.144. The monoisotopic (exact) mass is 405 g/mol. The number of aromatic amines is 1. The Bertz CT molecular complexity index is 1100. The quantitative estimate of drug-likeness (QED) is 0.469. The molecule has 4 nitrogen and oxygen atoms in total. The summed E-state index contributed by atoms with van der Waals surface area (Å²) in [5.74, 6) is 0.652. The summed E-state index contributed by atoms with van der Waals surface area (Å²) in [6.07, 6.45) is 0. The van der Waals surface area contributed by atoms with E-state index in [0.717, 1.165) is 32.6 Å². The number of H-pyrrole nitrogens is 1. The van der Waals surface area contributed by atoms with Gasteiger partial charge >= 0.3 is 0 Å². The lowest BCUT2D eigenvalue weighted by Crippen LogP contribution is -2.11. The van der Waals surface area contributed by atoms with E-state index in [1.54, 1.807) is 12.1 Å². The van der Waals surface area contributed by atoms with Gasteiger partial charge in [0.1, 0.15) is 5.82 Å². The number of aryl methyl sites for hydroxylation is 1. The summed E-state index contributed by atoms with van der Waals surface area (Å²) in [6.45, 7) is 2.05. The van der Waals surface area contributed by atoms with E-state index in [2.05, 4.69) is 44.2 Å². The largest absolute Gasteiger partial charge is 0.338 e. The van der Waals surface area contributed by atoms with Gasteiger partial charge in [-0.1, -0.05) is 40.2 Å². The van der Waals surface area contributed by atoms with Gasteiger partial charge in [-0.05, 0) is 55.0 Å². The predicted octanol–water partition coefficient (Wildman–Crippen LogP) is 5.55. The molecule has 1 aromatic heterocycles. The smallest absolute Gasteiger partial charge is 0.255 e. The molecule has 3 aromatic carbocycles. The molecule has 0 fully saturated rings. The normalized spacial score (nSPS) is 10.8. The Kier molecular flexibility index (Phi) is 4.31. The second kappa shape index (κ2) is 6.77. The van der Waals surface area contributed by atoms with Crippen LogP contribution in [0.3, 0.4) is 0 Å². The van der Waals surface area contributed by atoms with Gasteiger partial charge in [-0.3, -0.25) is 4.79 Å². The van der Waals surface area contributed by atoms with Gasteiger partial charge in [-0.15, -0.1) is 0 Å². The number of aromatic nitrogens is 2. The molecule has 0 spiro atoms. The highest BCUT2D eigenvalue weighted by atomic mass is 79.9. The minimum absolute atomic E-state index is 0.144. The lowest BCUT2D eigenvalue weighted by molar-refractivity contribution is 0.102. The Balaban J connectivity index is 1.56. The van der Waals surface area contributed by atoms with E-state index in [4.69, 9.17) is 0 Å². The van der Waals surface area contributed by atoms with E-state index in [1.807, 2.05) is 48.5 Å². The van der Waals surface area contributed by atoms with Crippen LogP contribution in [-0.4, -0.2) is 15.9 Å². The molecular formula is C21H16BrN3O. The molecule has 0 atom stereocenters. The first-order chi connectivity index (χ1) is 12.6. The van der Waals surface area contributed by atoms with Crippen molar-refractivity contribution in [3.63, 3.8) is 0 Å². The summed E-state index contributed by atoms with van der Waals surface area (Å²) < 4.78 is 0.922. The molecule has 5 heteroatoms. The van der Waals surface area contributed by atoms with Crippen LogP contribution in [0.4, 0.5) is 5.69 Å². The van der Waals surface area contributed by atoms with Crippen molar-refractivity contribution in [3.8, 4) is 11.4 Å². The van der Waals surface area contributed by atoms with Crippen LogP contribution in [0.15, 0.2) is 71.2 Å². The Morgan fingerprint density at radius 2 is 1.85 bits per heavy atom. The fourth-order valence-electron chi connectivity index (χ4n) is 2.81. The number of rotatable bonds is 3. The molecule has 0 aliphatic rings. The molecular weight excluding hydrogens is 390 g/mol. The van der Waals surface area contributed by atoms with Crippen molar-refractivity contribution in [1.29, 1.82) is 0 Å². The molecule has 26 heavy (non-hydrogen) atoms. The zero-order valence-corrected chi connectivity index (χ0v) is 15.7. The number of nitrogens with one attached hydrogen (secondary N) is 2. The molecule has 0 radical (unpaired) electrons. The second-order valence-electron chi connectivity index (χ2n) is 6.15. The first kappa shape index (κ1) is 16.5. The van der Waals surface area contributed by atoms with Crippen molar-refractivity contribution in [3.05, 3.63) is 82.3 Å². The van der Waals surface area contributed by atoms with Crippen molar-refractivity contribution < 1.29 is 4.79 Å². The number of halogens is 1. The van der Waals surface area contributed by atoms with Crippen molar-refractivity contribution in [2.24, 2.45) is 0 Å². The Hall–Kier alpha value is -2.92. The topological polar surface area (TPSA) is 57.8 Å². The van der Waals surface area contributed by atoms with Crippen molar-refractivity contribution >= 4 is 38.6 Å². The highest BCUT2D eigenvalue weighted by molar-refractivity contribution is 9.10. The molecule has 4 rings (SSSR count). The summed E-state index contributed by atoms with van der Waals surface area (Å²) in [6, 6.07) is 21.1. The van der Waals surface area contributed by atoms with Gasteiger partial charge in [0.05, 0.1) is 11.0 Å². The van der Waals surface area contributed by atoms with Gasteiger partial charge in [0.15, 0.2) is 0 Å². The Labute approximate surface area is 159 Å². The maximum Gasteiger partial charge on any atom is 0.255 e. The van der Waals surface area contributed by atoms with Crippen molar-refractivity contribution in [2.45, 2.75) is 6.92 Å². The van der Waals surface area contributed by atoms with Gasteiger partial charge in [0.2, 0.25) is 0 Å². The summed E-state index contributed by atoms with van der Waals surface area (Å²) in [5.41, 5.74) is 5.42. The Morgan fingerprint density at radius 1 is 1.04 bits per heavy atom. The van der Waals surface area contributed by atoms with E-state index in [-0.39, 0.29) is 5.91 Å². The molecule has 0 saturated heterocycles. The molecule has 0 saturated carbocycles. The zero-order valence-electron chi connectivity index (χ0n) is 14.1. The maximum absolute atomic E-state index is 12.4. The summed E-state index contributed by atoms with van der Waals surface area (Å²) in [4.78, 5) is 20.3. The second-order valence-corrected chi connectivity index (χ2v) is 7.06. The minimum Gasteiger partial charge on any atom is -0.338 e. The van der Waals surface area contributed by atoms with Crippen LogP contribution >= 0.6 is 15.9 Å². The number of carbonyl (C=O) groups excluding carboxylic acids is 1. The fraction of sp³-hybridized carbons (Fsp3) is 0.0476. The number of carbonyl (C=O) groups is 1. The number of hydrogen-bond donors (Lipinski definition) is 2. The standard InChI is InChI=1S/C21H16BrN3O/c1-13-5-10-18-19(11-13)25-20(24-18)14-6-8-15(9-7-14)21(26)23-17-4-2-3-16(22)12-17/h2-12H,1H3,(H,23,26)(H,24,25). The van der Waals surface area contributed by atoms with Crippen LogP contribution in [-0.2, 0) is 0 Å². The lowest BCUT2D eigenvalue weighted by atomic mass is 10.1. The third kappa shape index (κ3) is 3.39. The van der Waals surface area contributed by atoms with Crippen LogP contribution in [0.5, 0.6) is 0 Å². The SMILES string of the molecule is Cc1ccc2nc(-c3ccc(C(=O)Nc4cccc(Br)c4)cc3)[nH]c2c1. The van der Waals surface area contributed by atoms with Gasteiger partial charge in [0, 0.05) is 21.3 Å². The third-order valence-electron chi connectivity index (χ3n) is 4.14. The molecule has 2 N–H and O–H groups in total. The molecule has 128 valence electrons. The highest BCUT2D eigenvalue weighted by Crippen LogP contribution is 2.22. The van der Waals surface area contributed by atoms with E-state index in [9.17, 15) is 4.79 Å². The number of amides is 1. The molecule has 4 aromatic rings. The van der Waals surface area contributed by atoms with Crippen LogP contribution in [0.2, 0.25) is 0 Å². The van der Waals surface area contributed by atoms with Gasteiger partial charge in [-0.25, -0.2) is 4.98 Å². The average Bonchev–Trinajstić information content (AvgIpc) is 3.05. The Morgan fingerprint density at radius 3 is 2.62 bits per heavy atom. The highest BCUT2D eigenvalue weighted by Gasteiger charge is 2.09. The van der Waals surface area contributed by atoms with Gasteiger partial charge < -0.3 is 10.3 Å². The zero-order chi connectivity index (χ0) is 18.1. The van der Waals surface area contributed by atoms with E-state index in [0.29, 0.717) is 5.56 Å². The van der Waals surface area contributed by atoms with E-state index in [1.165, 1.54) is 5.56 Å². The molecule has 0 aliphatic carbocycles. The van der Waals surface area contributed by atoms with Gasteiger partial charge in [0.25, 0.3) is 5.91 Å². The molecule has 1 amide bonds. The first-order valence-electron chi connectivity index (χ1n) is 8.22. The predicted molar refractivity (Wildman–Crippen MR) is 108 cm³/mol. The maximum atomic E-state index is 12.4. The fourth-order valence-corrected chi connectivity index (χ4v) is 3.21. The summed E-state index contributed by atoms with van der Waals surface area (Å²) in [7, 11) is 0. The molecule has 0 unspecified atom stereocenters. The van der Waals surface area contributed by atoms with Crippen LogP contribution in [0.1, 0.15) is 15.9 Å². The average molecular weight is 406 g/mol. The van der Waals surface area contributed by atoms with Crippen LogP contribution < -0.4 is 5.32 Å². The van der Waals surface area contributed by atoms with Crippen molar-refractivity contribution in [2.75, 3.05) is 5.32 Å². The van der Waals surface area contributed by atoms with E-state index < -0.39 is 0 Å². The first-order valence-corrected chi connectivity index (χ1v) is 9.01. The lowest BCUT2D eigenvalue weighted by Gasteiger charge is -2.06. The van der Waals surface area contributed by atoms with E-state index >= 15 is 0 Å². The number of hydrogen-bond acceptors (Lipinski definition) is 2. The number of benzene rings is 3. The van der Waals surface area contributed by atoms with Gasteiger partial charge in [-0.2, -0.15) is 0 Å². The number of anilines is 1. The van der Waals surface area contributed by atoms with Crippen LogP contribution in [0.25, 0.3) is 22.4 Å². The summed E-state index contributed by atoms with van der Waals surface area (Å²) in [5, 5.41) is 2.89. The third-order valence-corrected chi connectivity index (χ3v) is 4.63. The number of imidazole rings is 1. The number of fused-ring (bicyclic) bond motifs is 1. The molecule has 1 heterocycles. The van der Waals surface area contributed by atoms with Crippen LogP contribution in [0, 0.1) is 6.92 Å². The molecule has 0 aliphatic heterocycles.